The van der Waals surface area contributed by atoms with Gasteiger partial charge in [0.1, 0.15) is 5.15 Å². The maximum absolute atomic E-state index is 11.3. The predicted octanol–water partition coefficient (Wildman–Crippen LogP) is 2.99. The van der Waals surface area contributed by atoms with Crippen LogP contribution in [0.1, 0.15) is 24.9 Å². The quantitative estimate of drug-likeness (QED) is 0.685. The number of hydrogen-bond donors (Lipinski definition) is 1. The molecule has 0 aliphatic rings. The first-order chi connectivity index (χ1) is 7.97. The molecule has 7 heteroatoms. The van der Waals surface area contributed by atoms with Gasteiger partial charge in [0.15, 0.2) is 0 Å². The molecule has 0 fully saturated rings. The smallest absolute Gasteiger partial charge is 0.307 e. The van der Waals surface area contributed by atoms with Crippen LogP contribution in [0.3, 0.4) is 0 Å². The Morgan fingerprint density at radius 3 is 2.76 bits per heavy atom. The molecule has 0 bridgehead atoms. The SMILES string of the molecule is CCOC(=O)C[C@@H](N)c1c(Cl)cnc(Cl)c1Cl. The number of aromatic nitrogens is 1. The van der Waals surface area contributed by atoms with E-state index in [0.717, 1.165) is 0 Å². The molecule has 1 rings (SSSR count). The highest BCUT2D eigenvalue weighted by Gasteiger charge is 2.20. The average Bonchev–Trinajstić information content (AvgIpc) is 2.24. The minimum atomic E-state index is -0.672. The van der Waals surface area contributed by atoms with E-state index >= 15 is 0 Å². The molecule has 1 aromatic heterocycles. The van der Waals surface area contributed by atoms with Crippen molar-refractivity contribution in [1.82, 2.24) is 4.98 Å². The average molecular weight is 298 g/mol. The van der Waals surface area contributed by atoms with Gasteiger partial charge in [-0.15, -0.1) is 0 Å². The Hall–Kier alpha value is -0.550. The third-order valence-corrected chi connectivity index (χ3v) is 3.10. The molecular weight excluding hydrogens is 286 g/mol. The van der Waals surface area contributed by atoms with Gasteiger partial charge in [-0.25, -0.2) is 4.98 Å². The second kappa shape index (κ2) is 6.40. The molecule has 4 nitrogen and oxygen atoms in total. The number of hydrogen-bond acceptors (Lipinski definition) is 4. The summed E-state index contributed by atoms with van der Waals surface area (Å²) in [7, 11) is 0. The van der Waals surface area contributed by atoms with Crippen molar-refractivity contribution in [2.75, 3.05) is 6.61 Å². The minimum Gasteiger partial charge on any atom is -0.466 e. The van der Waals surface area contributed by atoms with Gasteiger partial charge in [-0.05, 0) is 6.92 Å². The van der Waals surface area contributed by atoms with Gasteiger partial charge in [-0.3, -0.25) is 4.79 Å². The molecule has 1 atom stereocenters. The standard InChI is InChI=1S/C10H11Cl3N2O2/c1-2-17-7(16)3-6(14)8-5(11)4-15-10(13)9(8)12/h4,6H,2-3,14H2,1H3/t6-/m1/s1. The zero-order valence-corrected chi connectivity index (χ0v) is 11.3. The fourth-order valence-corrected chi connectivity index (χ4v) is 2.07. The Labute approximate surface area is 114 Å². The number of pyridine rings is 1. The highest BCUT2D eigenvalue weighted by atomic mass is 35.5. The normalized spacial score (nSPS) is 12.3. The summed E-state index contributed by atoms with van der Waals surface area (Å²) in [6, 6.07) is -0.672. The van der Waals surface area contributed by atoms with Gasteiger partial charge in [0.2, 0.25) is 0 Å². The number of nitrogens with zero attached hydrogens (tertiary/aromatic N) is 1. The van der Waals surface area contributed by atoms with Crippen molar-refractivity contribution in [2.45, 2.75) is 19.4 Å². The molecule has 0 aliphatic heterocycles. The van der Waals surface area contributed by atoms with Gasteiger partial charge in [-0.1, -0.05) is 34.8 Å². The van der Waals surface area contributed by atoms with Crippen LogP contribution >= 0.6 is 34.8 Å². The zero-order chi connectivity index (χ0) is 13.0. The molecule has 0 radical (unpaired) electrons. The lowest BCUT2D eigenvalue weighted by Gasteiger charge is -2.14. The first-order valence-electron chi connectivity index (χ1n) is 4.88. The number of carbonyl (C=O) groups is 1. The zero-order valence-electron chi connectivity index (χ0n) is 9.04. The molecule has 17 heavy (non-hydrogen) atoms. The van der Waals surface area contributed by atoms with Crippen LogP contribution in [0.5, 0.6) is 0 Å². The Bertz CT molecular complexity index is 426. The second-order valence-corrected chi connectivity index (χ2v) is 4.38. The van der Waals surface area contributed by atoms with Crippen molar-refractivity contribution in [1.29, 1.82) is 0 Å². The van der Waals surface area contributed by atoms with E-state index in [1.54, 1.807) is 6.92 Å². The van der Waals surface area contributed by atoms with Gasteiger partial charge in [-0.2, -0.15) is 0 Å². The first kappa shape index (κ1) is 14.5. The third-order valence-electron chi connectivity index (χ3n) is 2.03. The van der Waals surface area contributed by atoms with Gasteiger partial charge in [0, 0.05) is 17.8 Å². The lowest BCUT2D eigenvalue weighted by Crippen LogP contribution is -2.18. The van der Waals surface area contributed by atoms with Crippen molar-refractivity contribution < 1.29 is 9.53 Å². The van der Waals surface area contributed by atoms with Crippen molar-refractivity contribution in [3.05, 3.63) is 27.0 Å². The van der Waals surface area contributed by atoms with Crippen molar-refractivity contribution in [3.8, 4) is 0 Å². The lowest BCUT2D eigenvalue weighted by atomic mass is 10.1. The predicted molar refractivity (Wildman–Crippen MR) is 67.4 cm³/mol. The van der Waals surface area contributed by atoms with Crippen LogP contribution in [0.15, 0.2) is 6.20 Å². The third kappa shape index (κ3) is 3.71. The van der Waals surface area contributed by atoms with E-state index < -0.39 is 12.0 Å². The van der Waals surface area contributed by atoms with E-state index in [-0.39, 0.29) is 21.6 Å². The molecule has 0 aromatic carbocycles. The fraction of sp³-hybridized carbons (Fsp3) is 0.400. The van der Waals surface area contributed by atoms with Crippen LogP contribution in [-0.4, -0.2) is 17.6 Å². The molecule has 0 saturated carbocycles. The van der Waals surface area contributed by atoms with Gasteiger partial charge < -0.3 is 10.5 Å². The molecule has 2 N–H and O–H groups in total. The van der Waals surface area contributed by atoms with Gasteiger partial charge in [0.25, 0.3) is 0 Å². The van der Waals surface area contributed by atoms with Crippen molar-refractivity contribution in [2.24, 2.45) is 5.73 Å². The molecule has 1 heterocycles. The summed E-state index contributed by atoms with van der Waals surface area (Å²) in [5.74, 6) is -0.417. The van der Waals surface area contributed by atoms with E-state index in [4.69, 9.17) is 45.3 Å². The molecule has 0 aliphatic carbocycles. The maximum atomic E-state index is 11.3. The van der Waals surface area contributed by atoms with Crippen LogP contribution in [0.25, 0.3) is 0 Å². The number of ether oxygens (including phenoxy) is 1. The number of rotatable bonds is 4. The summed E-state index contributed by atoms with van der Waals surface area (Å²) in [5.41, 5.74) is 6.24. The first-order valence-corrected chi connectivity index (χ1v) is 6.01. The molecular formula is C10H11Cl3N2O2. The number of halogens is 3. The van der Waals surface area contributed by atoms with Crippen LogP contribution < -0.4 is 5.73 Å². The van der Waals surface area contributed by atoms with E-state index in [1.807, 2.05) is 0 Å². The topological polar surface area (TPSA) is 65.2 Å². The number of esters is 1. The Kier molecular flexibility index (Phi) is 5.46. The molecule has 1 aromatic rings. The maximum Gasteiger partial charge on any atom is 0.307 e. The number of carbonyl (C=O) groups excluding carboxylic acids is 1. The molecule has 0 amide bonds. The van der Waals surface area contributed by atoms with Crippen LogP contribution in [0, 0.1) is 0 Å². The minimum absolute atomic E-state index is 0.0202. The largest absolute Gasteiger partial charge is 0.466 e. The highest BCUT2D eigenvalue weighted by molar-refractivity contribution is 6.43. The van der Waals surface area contributed by atoms with E-state index in [0.29, 0.717) is 12.2 Å². The summed E-state index contributed by atoms with van der Waals surface area (Å²) in [4.78, 5) is 15.1. The molecule has 0 saturated heterocycles. The Morgan fingerprint density at radius 2 is 2.18 bits per heavy atom. The monoisotopic (exact) mass is 296 g/mol. The van der Waals surface area contributed by atoms with Crippen LogP contribution in [-0.2, 0) is 9.53 Å². The summed E-state index contributed by atoms with van der Waals surface area (Å²) >= 11 is 17.6. The summed E-state index contributed by atoms with van der Waals surface area (Å²) < 4.78 is 4.79. The summed E-state index contributed by atoms with van der Waals surface area (Å²) in [6.07, 6.45) is 1.32. The van der Waals surface area contributed by atoms with Crippen LogP contribution in [0.2, 0.25) is 15.2 Å². The van der Waals surface area contributed by atoms with Gasteiger partial charge in [0.05, 0.1) is 23.1 Å². The van der Waals surface area contributed by atoms with E-state index in [2.05, 4.69) is 4.98 Å². The van der Waals surface area contributed by atoms with Crippen molar-refractivity contribution in [3.63, 3.8) is 0 Å². The number of nitrogens with two attached hydrogens (primary N) is 1. The van der Waals surface area contributed by atoms with E-state index in [9.17, 15) is 4.79 Å². The second-order valence-electron chi connectivity index (χ2n) is 3.24. The molecule has 0 unspecified atom stereocenters. The summed E-state index contributed by atoms with van der Waals surface area (Å²) in [6.45, 7) is 2.01. The highest BCUT2D eigenvalue weighted by Crippen LogP contribution is 2.34. The van der Waals surface area contributed by atoms with Gasteiger partial charge >= 0.3 is 5.97 Å². The molecule has 94 valence electrons. The summed E-state index contributed by atoms with van der Waals surface area (Å²) in [5, 5.41) is 0.539. The van der Waals surface area contributed by atoms with Crippen molar-refractivity contribution >= 4 is 40.8 Å². The Balaban J connectivity index is 2.92. The fourth-order valence-electron chi connectivity index (χ4n) is 1.30. The van der Waals surface area contributed by atoms with E-state index in [1.165, 1.54) is 6.20 Å². The molecule has 0 spiro atoms. The Morgan fingerprint density at radius 1 is 1.53 bits per heavy atom. The lowest BCUT2D eigenvalue weighted by molar-refractivity contribution is -0.143. The van der Waals surface area contributed by atoms with Crippen LogP contribution in [0.4, 0.5) is 0 Å².